The topological polar surface area (TPSA) is 51.7 Å². The number of carbonyl (C=O) groups is 1. The second-order valence-electron chi connectivity index (χ2n) is 6.71. The van der Waals surface area contributed by atoms with Crippen LogP contribution in [0.1, 0.15) is 34.8 Å². The lowest BCUT2D eigenvalue weighted by Crippen LogP contribution is -2.24. The zero-order chi connectivity index (χ0) is 17.9. The highest BCUT2D eigenvalue weighted by molar-refractivity contribution is 5.94. The number of hydrogen-bond acceptors (Lipinski definition) is 5. The van der Waals surface area contributed by atoms with Crippen molar-refractivity contribution in [3.8, 4) is 11.6 Å². The van der Waals surface area contributed by atoms with Crippen molar-refractivity contribution in [2.75, 3.05) is 32.8 Å². The number of Topliss-reactive ketones (excluding diaryl/α,β-unsaturated/α-hetero) is 1. The highest BCUT2D eigenvalue weighted by atomic mass is 19.1. The van der Waals surface area contributed by atoms with Crippen molar-refractivity contribution in [3.05, 3.63) is 53.5 Å². The molecular formula is C20H21FN2O3. The molecule has 136 valence electrons. The number of rotatable bonds is 5. The molecule has 2 aliphatic heterocycles. The third kappa shape index (κ3) is 3.70. The third-order valence-electron chi connectivity index (χ3n) is 4.94. The Bertz CT molecular complexity index is 811. The molecule has 2 aliphatic rings. The first-order chi connectivity index (χ1) is 12.7. The van der Waals surface area contributed by atoms with E-state index in [4.69, 9.17) is 9.47 Å². The minimum absolute atomic E-state index is 0.00354. The second kappa shape index (κ2) is 7.41. The summed E-state index contributed by atoms with van der Waals surface area (Å²) >= 11 is 0. The molecule has 3 heterocycles. The smallest absolute Gasteiger partial charge is 0.257 e. The molecule has 0 saturated carbocycles. The van der Waals surface area contributed by atoms with Crippen LogP contribution in [0.5, 0.6) is 11.6 Å². The van der Waals surface area contributed by atoms with Gasteiger partial charge in [-0.25, -0.2) is 9.37 Å². The number of ketones is 1. The average molecular weight is 356 g/mol. The largest absolute Gasteiger partial charge is 0.484 e. The highest BCUT2D eigenvalue weighted by Gasteiger charge is 2.25. The first-order valence-electron chi connectivity index (χ1n) is 8.97. The fourth-order valence-corrected chi connectivity index (χ4v) is 3.54. The fraction of sp³-hybridized carbons (Fsp3) is 0.400. The molecule has 1 aromatic heterocycles. The lowest BCUT2D eigenvalue weighted by Gasteiger charge is -2.18. The van der Waals surface area contributed by atoms with E-state index in [9.17, 15) is 9.18 Å². The van der Waals surface area contributed by atoms with E-state index in [-0.39, 0.29) is 11.6 Å². The Balaban J connectivity index is 1.32. The predicted octanol–water partition coefficient (Wildman–Crippen LogP) is 3.05. The van der Waals surface area contributed by atoms with Gasteiger partial charge in [-0.15, -0.1) is 0 Å². The van der Waals surface area contributed by atoms with Gasteiger partial charge in [-0.1, -0.05) is 12.1 Å². The highest BCUT2D eigenvalue weighted by Crippen LogP contribution is 2.29. The van der Waals surface area contributed by atoms with Crippen molar-refractivity contribution in [3.63, 3.8) is 0 Å². The van der Waals surface area contributed by atoms with E-state index in [0.717, 1.165) is 25.1 Å². The molecule has 4 rings (SSSR count). The number of halogens is 1. The van der Waals surface area contributed by atoms with Gasteiger partial charge in [-0.05, 0) is 48.7 Å². The molecule has 6 heteroatoms. The van der Waals surface area contributed by atoms with E-state index in [1.807, 2.05) is 6.07 Å². The van der Waals surface area contributed by atoms with Gasteiger partial charge in [0.1, 0.15) is 24.7 Å². The number of benzene rings is 1. The van der Waals surface area contributed by atoms with Crippen molar-refractivity contribution in [1.29, 1.82) is 0 Å². The van der Waals surface area contributed by atoms with Crippen LogP contribution >= 0.6 is 0 Å². The van der Waals surface area contributed by atoms with E-state index in [1.165, 1.54) is 6.07 Å². The van der Waals surface area contributed by atoms with Gasteiger partial charge >= 0.3 is 0 Å². The summed E-state index contributed by atoms with van der Waals surface area (Å²) in [5.74, 6) is 1.12. The molecule has 0 N–H and O–H groups in total. The lowest BCUT2D eigenvalue weighted by molar-refractivity contribution is 0.0960. The minimum atomic E-state index is -0.194. The van der Waals surface area contributed by atoms with Gasteiger partial charge in [-0.3, -0.25) is 4.79 Å². The SMILES string of the molecule is O=C(CCN1CCC(c2cccc(F)c2)C1)c1ccc2c(n1)OCCO2. The van der Waals surface area contributed by atoms with E-state index in [1.54, 1.807) is 24.3 Å². The summed E-state index contributed by atoms with van der Waals surface area (Å²) in [7, 11) is 0. The van der Waals surface area contributed by atoms with Crippen LogP contribution in [0.4, 0.5) is 4.39 Å². The van der Waals surface area contributed by atoms with Crippen LogP contribution in [-0.4, -0.2) is 48.5 Å². The molecule has 1 atom stereocenters. The number of pyridine rings is 1. The third-order valence-corrected chi connectivity index (χ3v) is 4.94. The van der Waals surface area contributed by atoms with Gasteiger partial charge in [0.15, 0.2) is 11.5 Å². The van der Waals surface area contributed by atoms with Crippen molar-refractivity contribution >= 4 is 5.78 Å². The molecule has 26 heavy (non-hydrogen) atoms. The fourth-order valence-electron chi connectivity index (χ4n) is 3.54. The van der Waals surface area contributed by atoms with E-state index < -0.39 is 0 Å². The average Bonchev–Trinajstić information content (AvgIpc) is 3.15. The van der Waals surface area contributed by atoms with Crippen LogP contribution < -0.4 is 9.47 Å². The molecule has 0 aliphatic carbocycles. The summed E-state index contributed by atoms with van der Waals surface area (Å²) in [5, 5.41) is 0. The zero-order valence-electron chi connectivity index (χ0n) is 14.5. The van der Waals surface area contributed by atoms with Crippen molar-refractivity contribution in [2.45, 2.75) is 18.8 Å². The summed E-state index contributed by atoms with van der Waals surface area (Å²) in [5.41, 5.74) is 1.45. The molecule has 1 aromatic carbocycles. The molecule has 5 nitrogen and oxygen atoms in total. The molecule has 1 fully saturated rings. The van der Waals surface area contributed by atoms with E-state index in [0.29, 0.717) is 49.4 Å². The molecule has 1 unspecified atom stereocenters. The van der Waals surface area contributed by atoms with Gasteiger partial charge in [0.25, 0.3) is 5.88 Å². The maximum absolute atomic E-state index is 13.4. The quantitative estimate of drug-likeness (QED) is 0.771. The molecule has 0 bridgehead atoms. The van der Waals surface area contributed by atoms with Gasteiger partial charge in [-0.2, -0.15) is 0 Å². The van der Waals surface area contributed by atoms with Crippen LogP contribution in [0.2, 0.25) is 0 Å². The van der Waals surface area contributed by atoms with Crippen LogP contribution in [-0.2, 0) is 0 Å². The van der Waals surface area contributed by atoms with E-state index in [2.05, 4.69) is 9.88 Å². The van der Waals surface area contributed by atoms with Gasteiger partial charge in [0, 0.05) is 19.5 Å². The monoisotopic (exact) mass is 356 g/mol. The molecule has 0 radical (unpaired) electrons. The Kier molecular flexibility index (Phi) is 4.84. The summed E-state index contributed by atoms with van der Waals surface area (Å²) in [6, 6.07) is 10.2. The Labute approximate surface area is 151 Å². The Morgan fingerprint density at radius 3 is 3.00 bits per heavy atom. The van der Waals surface area contributed by atoms with Crippen LogP contribution in [0.3, 0.4) is 0 Å². The van der Waals surface area contributed by atoms with E-state index >= 15 is 0 Å². The first kappa shape index (κ1) is 17.0. The number of aromatic nitrogens is 1. The number of fused-ring (bicyclic) bond motifs is 1. The minimum Gasteiger partial charge on any atom is -0.484 e. The molecule has 0 spiro atoms. The normalized spacial score (nSPS) is 19.5. The molecule has 2 aromatic rings. The number of carbonyl (C=O) groups excluding carboxylic acids is 1. The second-order valence-corrected chi connectivity index (χ2v) is 6.71. The summed E-state index contributed by atoms with van der Waals surface area (Å²) < 4.78 is 24.3. The maximum Gasteiger partial charge on any atom is 0.257 e. The number of ether oxygens (including phenoxy) is 2. The van der Waals surface area contributed by atoms with Crippen molar-refractivity contribution in [2.24, 2.45) is 0 Å². The summed E-state index contributed by atoms with van der Waals surface area (Å²) in [6.07, 6.45) is 1.39. The van der Waals surface area contributed by atoms with Gasteiger partial charge in [0.2, 0.25) is 0 Å². The Morgan fingerprint density at radius 2 is 2.12 bits per heavy atom. The van der Waals surface area contributed by atoms with Crippen molar-refractivity contribution in [1.82, 2.24) is 9.88 Å². The Morgan fingerprint density at radius 1 is 1.23 bits per heavy atom. The first-order valence-corrected chi connectivity index (χ1v) is 8.97. The molecule has 0 amide bonds. The van der Waals surface area contributed by atoms with Gasteiger partial charge < -0.3 is 14.4 Å². The molecule has 1 saturated heterocycles. The van der Waals surface area contributed by atoms with Gasteiger partial charge in [0.05, 0.1) is 0 Å². The lowest BCUT2D eigenvalue weighted by atomic mass is 9.98. The van der Waals surface area contributed by atoms with Crippen LogP contribution in [0.15, 0.2) is 36.4 Å². The number of nitrogens with zero attached hydrogens (tertiary/aromatic N) is 2. The van der Waals surface area contributed by atoms with Crippen molar-refractivity contribution < 1.29 is 18.7 Å². The standard InChI is InChI=1S/C20H21FN2O3/c21-16-3-1-2-14(12-16)15-6-8-23(13-15)9-7-18(24)17-4-5-19-20(22-17)26-11-10-25-19/h1-5,12,15H,6-11,13H2. The zero-order valence-corrected chi connectivity index (χ0v) is 14.5. The summed E-state index contributed by atoms with van der Waals surface area (Å²) in [4.78, 5) is 19.0. The van der Waals surface area contributed by atoms with Crippen LogP contribution in [0, 0.1) is 5.82 Å². The Hall–Kier alpha value is -2.47. The maximum atomic E-state index is 13.4. The summed E-state index contributed by atoms with van der Waals surface area (Å²) in [6.45, 7) is 3.41. The molecular weight excluding hydrogens is 335 g/mol. The predicted molar refractivity (Wildman–Crippen MR) is 94.4 cm³/mol. The number of hydrogen-bond donors (Lipinski definition) is 0. The number of likely N-dealkylation sites (tertiary alicyclic amines) is 1. The van der Waals surface area contributed by atoms with Crippen LogP contribution in [0.25, 0.3) is 0 Å².